The first-order valence-electron chi connectivity index (χ1n) is 6.81. The molecule has 0 aliphatic rings. The number of amidine groups is 1. The van der Waals surface area contributed by atoms with Crippen molar-refractivity contribution in [3.05, 3.63) is 70.8 Å². The van der Waals surface area contributed by atoms with Gasteiger partial charge in [0.15, 0.2) is 0 Å². The van der Waals surface area contributed by atoms with Crippen LogP contribution in [0.15, 0.2) is 47.6 Å². The van der Waals surface area contributed by atoms with E-state index < -0.39 is 29.3 Å². The van der Waals surface area contributed by atoms with Crippen LogP contribution in [0, 0.1) is 11.6 Å². The first-order chi connectivity index (χ1) is 11.7. The highest BCUT2D eigenvalue weighted by molar-refractivity contribution is 5.90. The first-order valence-corrected chi connectivity index (χ1v) is 6.81. The molecule has 2 aromatic rings. The van der Waals surface area contributed by atoms with Gasteiger partial charge in [-0.15, -0.1) is 0 Å². The number of oxime groups is 1. The zero-order valence-electron chi connectivity index (χ0n) is 12.5. The zero-order chi connectivity index (χ0) is 18.6. The molecule has 0 aliphatic carbocycles. The third kappa shape index (κ3) is 5.00. The minimum absolute atomic E-state index is 0.0118. The number of halogens is 5. The van der Waals surface area contributed by atoms with Crippen molar-refractivity contribution in [2.45, 2.75) is 12.6 Å². The van der Waals surface area contributed by atoms with Crippen LogP contribution < -0.4 is 5.73 Å². The number of nitrogens with two attached hydrogens (primary N) is 1. The maximum absolute atomic E-state index is 13.5. The largest absolute Gasteiger partial charge is 0.416 e. The molecule has 0 aliphatic heterocycles. The highest BCUT2D eigenvalue weighted by Gasteiger charge is 2.31. The van der Waals surface area contributed by atoms with Gasteiger partial charge in [-0.1, -0.05) is 17.3 Å². The third-order valence-corrected chi connectivity index (χ3v) is 3.06. The topological polar surface area (TPSA) is 64.7 Å². The predicted molar refractivity (Wildman–Crippen MR) is 78.5 cm³/mol. The van der Waals surface area contributed by atoms with E-state index in [2.05, 4.69) is 9.99 Å². The molecule has 0 saturated heterocycles. The quantitative estimate of drug-likeness (QED) is 0.298. The van der Waals surface area contributed by atoms with Crippen LogP contribution in [0.3, 0.4) is 0 Å². The van der Waals surface area contributed by atoms with Crippen molar-refractivity contribution in [1.82, 2.24) is 0 Å². The Morgan fingerprint density at radius 1 is 1.12 bits per heavy atom. The molecule has 4 nitrogen and oxygen atoms in total. The van der Waals surface area contributed by atoms with E-state index in [-0.39, 0.29) is 23.4 Å². The Kier molecular flexibility index (Phi) is 5.35. The van der Waals surface area contributed by atoms with Gasteiger partial charge in [0.25, 0.3) is 0 Å². The van der Waals surface area contributed by atoms with Crippen molar-refractivity contribution in [2.75, 3.05) is 0 Å². The fourth-order valence-electron chi connectivity index (χ4n) is 1.87. The van der Waals surface area contributed by atoms with Crippen molar-refractivity contribution in [2.24, 2.45) is 10.9 Å². The average molecular weight is 358 g/mol. The highest BCUT2D eigenvalue weighted by atomic mass is 19.4. The molecule has 0 saturated carbocycles. The van der Waals surface area contributed by atoms with Gasteiger partial charge < -0.3 is 10.6 Å². The van der Waals surface area contributed by atoms with Gasteiger partial charge >= 0.3 is 12.1 Å². The molecule has 2 N–H and O–H groups in total. The van der Waals surface area contributed by atoms with Crippen LogP contribution in [0.25, 0.3) is 0 Å². The maximum atomic E-state index is 13.5. The molecule has 0 unspecified atom stereocenters. The number of benzene rings is 2. The van der Waals surface area contributed by atoms with E-state index in [9.17, 15) is 26.7 Å². The average Bonchev–Trinajstić information content (AvgIpc) is 2.54. The molecule has 2 rings (SSSR count). The van der Waals surface area contributed by atoms with Crippen LogP contribution in [-0.4, -0.2) is 11.8 Å². The normalized spacial score (nSPS) is 12.1. The Balaban J connectivity index is 2.06. The van der Waals surface area contributed by atoms with Crippen molar-refractivity contribution in [1.29, 1.82) is 0 Å². The van der Waals surface area contributed by atoms with Crippen molar-refractivity contribution < 1.29 is 31.6 Å². The van der Waals surface area contributed by atoms with Crippen LogP contribution in [0.2, 0.25) is 0 Å². The summed E-state index contributed by atoms with van der Waals surface area (Å²) in [6.07, 6.45) is -4.89. The minimum Gasteiger partial charge on any atom is -0.384 e. The maximum Gasteiger partial charge on any atom is 0.416 e. The molecule has 0 aromatic heterocycles. The molecule has 0 fully saturated rings. The molecule has 132 valence electrons. The number of hydrogen-bond donors (Lipinski definition) is 1. The Morgan fingerprint density at radius 3 is 2.48 bits per heavy atom. The lowest BCUT2D eigenvalue weighted by Gasteiger charge is -2.07. The summed E-state index contributed by atoms with van der Waals surface area (Å²) in [5, 5.41) is 3.25. The summed E-state index contributed by atoms with van der Waals surface area (Å²) in [6, 6.07) is 6.36. The molecule has 0 heterocycles. The van der Waals surface area contributed by atoms with E-state index in [1.54, 1.807) is 0 Å². The molecule has 0 spiro atoms. The highest BCUT2D eigenvalue weighted by Crippen LogP contribution is 2.29. The molecule has 0 radical (unpaired) electrons. The van der Waals surface area contributed by atoms with Gasteiger partial charge in [-0.05, 0) is 29.8 Å². The standard InChI is InChI=1S/C16H11F5N2O2/c17-12-5-4-9(13(18)8-12)7-14(22)23-25-15(24)10-2-1-3-11(6-10)16(19,20)21/h1-6,8H,7H2,(H2,22,23). The number of carbonyl (C=O) groups excluding carboxylic acids is 1. The van der Waals surface area contributed by atoms with Crippen molar-refractivity contribution in [3.8, 4) is 0 Å². The number of alkyl halides is 3. The lowest BCUT2D eigenvalue weighted by Crippen LogP contribution is -2.17. The lowest BCUT2D eigenvalue weighted by atomic mass is 10.1. The molecular weight excluding hydrogens is 347 g/mol. The number of carbonyl (C=O) groups is 1. The van der Waals surface area contributed by atoms with Gasteiger partial charge in [0, 0.05) is 12.5 Å². The third-order valence-electron chi connectivity index (χ3n) is 3.06. The van der Waals surface area contributed by atoms with Crippen LogP contribution in [0.5, 0.6) is 0 Å². The summed E-state index contributed by atoms with van der Waals surface area (Å²) in [5.41, 5.74) is 4.09. The summed E-state index contributed by atoms with van der Waals surface area (Å²) in [6.45, 7) is 0. The van der Waals surface area contributed by atoms with Crippen LogP contribution in [0.1, 0.15) is 21.5 Å². The fourth-order valence-corrected chi connectivity index (χ4v) is 1.87. The van der Waals surface area contributed by atoms with E-state index in [1.807, 2.05) is 0 Å². The second kappa shape index (κ2) is 7.29. The van der Waals surface area contributed by atoms with Gasteiger partial charge in [-0.2, -0.15) is 13.2 Å². The van der Waals surface area contributed by atoms with Gasteiger partial charge in [0.05, 0.1) is 11.1 Å². The number of hydrogen-bond acceptors (Lipinski definition) is 3. The molecular formula is C16H11F5N2O2. The predicted octanol–water partition coefficient (Wildman–Crippen LogP) is 3.66. The molecule has 0 amide bonds. The summed E-state index contributed by atoms with van der Waals surface area (Å²) >= 11 is 0. The molecule has 2 aromatic carbocycles. The summed E-state index contributed by atoms with van der Waals surface area (Å²) < 4.78 is 64.0. The monoisotopic (exact) mass is 358 g/mol. The Bertz CT molecular complexity index is 818. The second-order valence-corrected chi connectivity index (χ2v) is 4.95. The van der Waals surface area contributed by atoms with Gasteiger partial charge in [0.1, 0.15) is 17.5 Å². The minimum atomic E-state index is -4.61. The van der Waals surface area contributed by atoms with Crippen LogP contribution in [-0.2, 0) is 17.4 Å². The van der Waals surface area contributed by atoms with Gasteiger partial charge in [-0.3, -0.25) is 0 Å². The number of nitrogens with zero attached hydrogens (tertiary/aromatic N) is 1. The Hall–Kier alpha value is -2.97. The van der Waals surface area contributed by atoms with E-state index in [0.29, 0.717) is 12.1 Å². The van der Waals surface area contributed by atoms with Crippen molar-refractivity contribution >= 4 is 11.8 Å². The summed E-state index contributed by atoms with van der Waals surface area (Å²) in [7, 11) is 0. The SMILES string of the molecule is NC(Cc1ccc(F)cc1F)=NOC(=O)c1cccc(C(F)(F)F)c1. The Morgan fingerprint density at radius 2 is 1.84 bits per heavy atom. The lowest BCUT2D eigenvalue weighted by molar-refractivity contribution is -0.137. The molecule has 0 atom stereocenters. The zero-order valence-corrected chi connectivity index (χ0v) is 12.5. The van der Waals surface area contributed by atoms with E-state index in [4.69, 9.17) is 5.73 Å². The second-order valence-electron chi connectivity index (χ2n) is 4.95. The molecule has 0 bridgehead atoms. The number of rotatable bonds is 4. The van der Waals surface area contributed by atoms with Crippen molar-refractivity contribution in [3.63, 3.8) is 0 Å². The van der Waals surface area contributed by atoms with Gasteiger partial charge in [-0.25, -0.2) is 13.6 Å². The van der Waals surface area contributed by atoms with E-state index >= 15 is 0 Å². The molecule has 25 heavy (non-hydrogen) atoms. The summed E-state index contributed by atoms with van der Waals surface area (Å²) in [5.74, 6) is -3.10. The summed E-state index contributed by atoms with van der Waals surface area (Å²) in [4.78, 5) is 16.2. The van der Waals surface area contributed by atoms with E-state index in [0.717, 1.165) is 30.3 Å². The fraction of sp³-hybridized carbons (Fsp3) is 0.125. The first kappa shape index (κ1) is 18.4. The molecule has 9 heteroatoms. The van der Waals surface area contributed by atoms with Crippen LogP contribution >= 0.6 is 0 Å². The van der Waals surface area contributed by atoms with Gasteiger partial charge in [0.2, 0.25) is 0 Å². The smallest absolute Gasteiger partial charge is 0.384 e. The van der Waals surface area contributed by atoms with E-state index in [1.165, 1.54) is 0 Å². The Labute approximate surface area is 138 Å². The van der Waals surface area contributed by atoms with Crippen LogP contribution in [0.4, 0.5) is 22.0 Å².